The first kappa shape index (κ1) is 20.1. The van der Waals surface area contributed by atoms with Crippen LogP contribution in [0.1, 0.15) is 23.7 Å². The summed E-state index contributed by atoms with van der Waals surface area (Å²) in [4.78, 5) is 37.9. The number of likely N-dealkylation sites (N-methyl/N-ethyl adjacent to an activating group) is 1. The lowest BCUT2D eigenvalue weighted by Gasteiger charge is -2.25. The Hall–Kier alpha value is -3.19. The number of hydrogen-bond acceptors (Lipinski definition) is 4. The van der Waals surface area contributed by atoms with Gasteiger partial charge in [0.15, 0.2) is 6.04 Å². The third kappa shape index (κ3) is 4.92. The van der Waals surface area contributed by atoms with E-state index in [2.05, 4.69) is 5.32 Å². The van der Waals surface area contributed by atoms with Gasteiger partial charge in [-0.25, -0.2) is 5.48 Å². The van der Waals surface area contributed by atoms with E-state index in [-0.39, 0.29) is 0 Å². The summed E-state index contributed by atoms with van der Waals surface area (Å²) in [6.07, 6.45) is 0.678. The van der Waals surface area contributed by atoms with E-state index >= 15 is 0 Å². The van der Waals surface area contributed by atoms with Crippen LogP contribution in [0.25, 0.3) is 11.1 Å². The molecule has 7 heteroatoms. The van der Waals surface area contributed by atoms with Gasteiger partial charge in [-0.3, -0.25) is 19.6 Å². The molecule has 3 N–H and O–H groups in total. The Kier molecular flexibility index (Phi) is 7.08. The second-order valence-corrected chi connectivity index (χ2v) is 6.03. The number of nitrogens with zero attached hydrogens (tertiary/aromatic N) is 1. The summed E-state index contributed by atoms with van der Waals surface area (Å²) in [6.45, 7) is 2.23. The summed E-state index contributed by atoms with van der Waals surface area (Å²) in [5, 5.41) is 11.5. The van der Waals surface area contributed by atoms with Gasteiger partial charge in [-0.05, 0) is 29.7 Å². The van der Waals surface area contributed by atoms with Crippen LogP contribution < -0.4 is 10.8 Å². The Labute approximate surface area is 158 Å². The van der Waals surface area contributed by atoms with Crippen molar-refractivity contribution in [3.05, 3.63) is 60.2 Å². The summed E-state index contributed by atoms with van der Waals surface area (Å²) < 4.78 is 0. The van der Waals surface area contributed by atoms with Gasteiger partial charge in [0.25, 0.3) is 17.7 Å². The minimum Gasteiger partial charge on any atom is -0.354 e. The number of nitrogens with one attached hydrogen (secondary N) is 2. The first-order valence-electron chi connectivity index (χ1n) is 8.64. The Bertz CT molecular complexity index is 791. The number of hydroxylamine groups is 1. The van der Waals surface area contributed by atoms with Crippen LogP contribution in [-0.2, 0) is 9.59 Å². The van der Waals surface area contributed by atoms with Gasteiger partial charge in [0, 0.05) is 19.2 Å². The van der Waals surface area contributed by atoms with Crippen molar-refractivity contribution in [3.8, 4) is 11.1 Å². The fourth-order valence-corrected chi connectivity index (χ4v) is 2.63. The molecule has 0 bridgehead atoms. The zero-order chi connectivity index (χ0) is 19.8. The van der Waals surface area contributed by atoms with Crippen LogP contribution in [0.5, 0.6) is 0 Å². The van der Waals surface area contributed by atoms with Crippen LogP contribution in [0.2, 0.25) is 0 Å². The highest BCUT2D eigenvalue weighted by atomic mass is 16.5. The number of carbonyl (C=O) groups is 3. The van der Waals surface area contributed by atoms with E-state index in [4.69, 9.17) is 5.21 Å². The zero-order valence-electron chi connectivity index (χ0n) is 15.3. The van der Waals surface area contributed by atoms with Crippen LogP contribution in [0.4, 0.5) is 0 Å². The van der Waals surface area contributed by atoms with Gasteiger partial charge in [-0.1, -0.05) is 49.4 Å². The van der Waals surface area contributed by atoms with E-state index in [9.17, 15) is 14.4 Å². The molecule has 1 unspecified atom stereocenters. The number of carbonyl (C=O) groups excluding carboxylic acids is 3. The van der Waals surface area contributed by atoms with Crippen molar-refractivity contribution in [1.29, 1.82) is 0 Å². The number of hydrogen-bond donors (Lipinski definition) is 3. The molecule has 0 heterocycles. The normalized spacial score (nSPS) is 11.4. The highest BCUT2D eigenvalue weighted by Gasteiger charge is 2.33. The molecular formula is C20H23N3O4. The second-order valence-electron chi connectivity index (χ2n) is 6.03. The molecule has 27 heavy (non-hydrogen) atoms. The predicted molar refractivity (Wildman–Crippen MR) is 101 cm³/mol. The molecule has 0 saturated heterocycles. The van der Waals surface area contributed by atoms with E-state index in [0.29, 0.717) is 18.5 Å². The van der Waals surface area contributed by atoms with Crippen molar-refractivity contribution in [3.63, 3.8) is 0 Å². The lowest BCUT2D eigenvalue weighted by Crippen LogP contribution is -2.55. The zero-order valence-corrected chi connectivity index (χ0v) is 15.3. The van der Waals surface area contributed by atoms with E-state index in [1.54, 1.807) is 24.3 Å². The summed E-state index contributed by atoms with van der Waals surface area (Å²) >= 11 is 0. The molecule has 2 aromatic rings. The van der Waals surface area contributed by atoms with E-state index in [1.165, 1.54) is 12.5 Å². The minimum atomic E-state index is -1.47. The van der Waals surface area contributed by atoms with E-state index < -0.39 is 23.8 Å². The maximum absolute atomic E-state index is 12.7. The molecule has 0 aliphatic rings. The monoisotopic (exact) mass is 369 g/mol. The average molecular weight is 369 g/mol. The van der Waals surface area contributed by atoms with Gasteiger partial charge in [-0.15, -0.1) is 0 Å². The molecule has 0 aliphatic carbocycles. The van der Waals surface area contributed by atoms with Crippen molar-refractivity contribution < 1.29 is 19.6 Å². The fraction of sp³-hybridized carbons (Fsp3) is 0.250. The summed E-state index contributed by atoms with van der Waals surface area (Å²) in [5.41, 5.74) is 3.74. The van der Waals surface area contributed by atoms with Gasteiger partial charge in [0.1, 0.15) is 0 Å². The van der Waals surface area contributed by atoms with Crippen molar-refractivity contribution in [2.75, 3.05) is 13.6 Å². The standard InChI is InChI=1S/C20H23N3O4/c1-3-13-21-18(24)17(19(25)22-27)23(2)20(26)16-11-9-15(10-12-16)14-7-5-4-6-8-14/h4-12,17,27H,3,13H2,1-2H3,(H,21,24)(H,22,25). The molecule has 3 amide bonds. The van der Waals surface area contributed by atoms with Crippen molar-refractivity contribution in [2.24, 2.45) is 0 Å². The van der Waals surface area contributed by atoms with Gasteiger partial charge >= 0.3 is 0 Å². The van der Waals surface area contributed by atoms with Crippen molar-refractivity contribution in [2.45, 2.75) is 19.4 Å². The molecule has 0 saturated carbocycles. The largest absolute Gasteiger partial charge is 0.354 e. The Balaban J connectivity index is 2.20. The first-order chi connectivity index (χ1) is 13.0. The van der Waals surface area contributed by atoms with Gasteiger partial charge < -0.3 is 10.2 Å². The van der Waals surface area contributed by atoms with Crippen LogP contribution in [0.15, 0.2) is 54.6 Å². The van der Waals surface area contributed by atoms with Crippen LogP contribution in [0.3, 0.4) is 0 Å². The Morgan fingerprint density at radius 3 is 2.11 bits per heavy atom. The molecule has 2 rings (SSSR count). The maximum Gasteiger partial charge on any atom is 0.275 e. The molecule has 0 radical (unpaired) electrons. The third-order valence-corrected chi connectivity index (χ3v) is 4.10. The molecule has 0 fully saturated rings. The minimum absolute atomic E-state index is 0.330. The van der Waals surface area contributed by atoms with Crippen LogP contribution >= 0.6 is 0 Å². The highest BCUT2D eigenvalue weighted by Crippen LogP contribution is 2.20. The molecule has 7 nitrogen and oxygen atoms in total. The predicted octanol–water partition coefficient (Wildman–Crippen LogP) is 1.83. The molecule has 142 valence electrons. The topological polar surface area (TPSA) is 98.7 Å². The lowest BCUT2D eigenvalue weighted by molar-refractivity contribution is -0.140. The van der Waals surface area contributed by atoms with Crippen molar-refractivity contribution in [1.82, 2.24) is 15.7 Å². The number of amides is 3. The molecule has 1 atom stereocenters. The first-order valence-corrected chi connectivity index (χ1v) is 8.64. The number of rotatable bonds is 7. The SMILES string of the molecule is CCCNC(=O)C(C(=O)NO)N(C)C(=O)c1ccc(-c2ccccc2)cc1. The maximum atomic E-state index is 12.7. The average Bonchev–Trinajstić information content (AvgIpc) is 2.72. The van der Waals surface area contributed by atoms with Gasteiger partial charge in [0.05, 0.1) is 0 Å². The Morgan fingerprint density at radius 1 is 0.963 bits per heavy atom. The third-order valence-electron chi connectivity index (χ3n) is 4.10. The summed E-state index contributed by atoms with van der Waals surface area (Å²) in [6, 6.07) is 15.1. The molecular weight excluding hydrogens is 346 g/mol. The smallest absolute Gasteiger partial charge is 0.275 e. The molecule has 0 spiro atoms. The summed E-state index contributed by atoms with van der Waals surface area (Å²) in [5.74, 6) is -2.13. The quantitative estimate of drug-likeness (QED) is 0.394. The van der Waals surface area contributed by atoms with Crippen molar-refractivity contribution >= 4 is 17.7 Å². The molecule has 0 aliphatic heterocycles. The van der Waals surface area contributed by atoms with Gasteiger partial charge in [0.2, 0.25) is 0 Å². The lowest BCUT2D eigenvalue weighted by atomic mass is 10.0. The van der Waals surface area contributed by atoms with E-state index in [1.807, 2.05) is 37.3 Å². The fourth-order valence-electron chi connectivity index (χ4n) is 2.63. The highest BCUT2D eigenvalue weighted by molar-refractivity contribution is 6.08. The van der Waals surface area contributed by atoms with Crippen LogP contribution in [-0.4, -0.2) is 47.5 Å². The Morgan fingerprint density at radius 2 is 1.56 bits per heavy atom. The molecule has 2 aromatic carbocycles. The second kappa shape index (κ2) is 9.49. The van der Waals surface area contributed by atoms with E-state index in [0.717, 1.165) is 16.0 Å². The summed E-state index contributed by atoms with van der Waals surface area (Å²) in [7, 11) is 1.35. The number of benzene rings is 2. The molecule has 0 aromatic heterocycles. The van der Waals surface area contributed by atoms with Gasteiger partial charge in [-0.2, -0.15) is 0 Å². The van der Waals surface area contributed by atoms with Crippen LogP contribution in [0, 0.1) is 0 Å².